The third-order valence-electron chi connectivity index (χ3n) is 4.83. The monoisotopic (exact) mass is 392 g/mol. The molecule has 0 aliphatic carbocycles. The average Bonchev–Trinajstić information content (AvgIpc) is 3.14. The molecule has 1 atom stereocenters. The highest BCUT2D eigenvalue weighted by Gasteiger charge is 2.23. The summed E-state index contributed by atoms with van der Waals surface area (Å²) in [5.74, 6) is -0.393. The van der Waals surface area contributed by atoms with Gasteiger partial charge >= 0.3 is 5.97 Å². The second-order valence-corrected chi connectivity index (χ2v) is 6.85. The van der Waals surface area contributed by atoms with Crippen molar-refractivity contribution in [2.75, 3.05) is 11.9 Å². The Morgan fingerprint density at radius 1 is 1.10 bits per heavy atom. The van der Waals surface area contributed by atoms with Crippen LogP contribution in [-0.4, -0.2) is 23.6 Å². The highest BCUT2D eigenvalue weighted by Crippen LogP contribution is 2.27. The van der Waals surface area contributed by atoms with E-state index in [1.165, 1.54) is 0 Å². The number of anilines is 1. The number of amides is 1. The summed E-state index contributed by atoms with van der Waals surface area (Å²) in [4.78, 5) is 25.0. The second kappa shape index (κ2) is 9.19. The largest absolute Gasteiger partial charge is 0.452 e. The molecule has 2 aromatic carbocycles. The van der Waals surface area contributed by atoms with Crippen molar-refractivity contribution < 1.29 is 18.8 Å². The predicted octanol–water partition coefficient (Wildman–Crippen LogP) is 4.96. The predicted molar refractivity (Wildman–Crippen MR) is 111 cm³/mol. The van der Waals surface area contributed by atoms with Crippen LogP contribution in [0.1, 0.15) is 47.9 Å². The fourth-order valence-corrected chi connectivity index (χ4v) is 3.06. The summed E-state index contributed by atoms with van der Waals surface area (Å²) in [5, 5.41) is 6.80. The highest BCUT2D eigenvalue weighted by atomic mass is 16.5. The van der Waals surface area contributed by atoms with Crippen LogP contribution in [0.5, 0.6) is 0 Å². The van der Waals surface area contributed by atoms with Gasteiger partial charge in [-0.25, -0.2) is 4.79 Å². The normalized spacial score (nSPS) is 11.7. The molecule has 3 aromatic rings. The molecule has 1 aromatic heterocycles. The first-order valence-electron chi connectivity index (χ1n) is 9.58. The number of esters is 1. The number of hydrogen-bond donors (Lipinski definition) is 1. The van der Waals surface area contributed by atoms with Gasteiger partial charge < -0.3 is 14.6 Å². The average molecular weight is 392 g/mol. The number of para-hydroxylation sites is 1. The fourth-order valence-electron chi connectivity index (χ4n) is 3.06. The Morgan fingerprint density at radius 2 is 1.79 bits per heavy atom. The smallest absolute Gasteiger partial charge is 0.344 e. The van der Waals surface area contributed by atoms with Gasteiger partial charge in [-0.2, -0.15) is 0 Å². The molecule has 1 amide bonds. The molecule has 0 saturated carbocycles. The zero-order chi connectivity index (χ0) is 20.8. The van der Waals surface area contributed by atoms with Gasteiger partial charge in [0.1, 0.15) is 17.0 Å². The van der Waals surface area contributed by atoms with Crippen molar-refractivity contribution in [1.82, 2.24) is 5.16 Å². The summed E-state index contributed by atoms with van der Waals surface area (Å²) >= 11 is 0. The van der Waals surface area contributed by atoms with Gasteiger partial charge in [0.15, 0.2) is 6.61 Å². The van der Waals surface area contributed by atoms with Gasteiger partial charge in [0, 0.05) is 11.3 Å². The van der Waals surface area contributed by atoms with Crippen molar-refractivity contribution in [3.8, 4) is 11.3 Å². The van der Waals surface area contributed by atoms with Crippen molar-refractivity contribution in [3.63, 3.8) is 0 Å². The van der Waals surface area contributed by atoms with E-state index in [2.05, 4.69) is 24.3 Å². The zero-order valence-corrected chi connectivity index (χ0v) is 16.8. The number of carbonyl (C=O) groups excluding carboxylic acids is 2. The number of carbonyl (C=O) groups is 2. The Kier molecular flexibility index (Phi) is 6.44. The number of ether oxygens (including phenoxy) is 1. The van der Waals surface area contributed by atoms with E-state index in [1.807, 2.05) is 54.6 Å². The number of hydrogen-bond acceptors (Lipinski definition) is 5. The molecule has 6 heteroatoms. The summed E-state index contributed by atoms with van der Waals surface area (Å²) in [6.07, 6.45) is 0.955. The maximum atomic E-state index is 12.6. The first-order valence-corrected chi connectivity index (χ1v) is 9.58. The standard InChI is InChI=1S/C23H24N2O4/c1-4-15(2)18-12-8-9-13-19(18)24-20(26)14-28-23(27)21-16(3)29-25-22(21)17-10-6-5-7-11-17/h5-13,15H,4,14H2,1-3H3,(H,24,26)/t15-/m0/s1. The molecule has 3 rings (SSSR count). The number of benzene rings is 2. The molecular weight excluding hydrogens is 368 g/mol. The number of rotatable bonds is 7. The van der Waals surface area contributed by atoms with Gasteiger partial charge in [0.2, 0.25) is 0 Å². The molecule has 6 nitrogen and oxygen atoms in total. The van der Waals surface area contributed by atoms with Crippen LogP contribution < -0.4 is 5.32 Å². The molecule has 0 radical (unpaired) electrons. The van der Waals surface area contributed by atoms with Crippen LogP contribution in [0.4, 0.5) is 5.69 Å². The third kappa shape index (κ3) is 4.71. The Hall–Kier alpha value is -3.41. The van der Waals surface area contributed by atoms with E-state index < -0.39 is 18.5 Å². The van der Waals surface area contributed by atoms with Crippen molar-refractivity contribution in [2.45, 2.75) is 33.1 Å². The van der Waals surface area contributed by atoms with E-state index in [9.17, 15) is 9.59 Å². The van der Waals surface area contributed by atoms with Gasteiger partial charge in [-0.3, -0.25) is 4.79 Å². The minimum atomic E-state index is -0.645. The van der Waals surface area contributed by atoms with Gasteiger partial charge in [-0.05, 0) is 30.9 Å². The molecule has 150 valence electrons. The van der Waals surface area contributed by atoms with E-state index in [1.54, 1.807) is 6.92 Å². The molecule has 1 heterocycles. The molecule has 0 aliphatic rings. The van der Waals surface area contributed by atoms with Gasteiger partial charge in [-0.1, -0.05) is 67.5 Å². The second-order valence-electron chi connectivity index (χ2n) is 6.85. The van der Waals surface area contributed by atoms with E-state index in [-0.39, 0.29) is 5.56 Å². The lowest BCUT2D eigenvalue weighted by atomic mass is 9.97. The first kappa shape index (κ1) is 20.3. The Balaban J connectivity index is 1.68. The zero-order valence-electron chi connectivity index (χ0n) is 16.8. The SMILES string of the molecule is CC[C@H](C)c1ccccc1NC(=O)COC(=O)c1c(-c2ccccc2)noc1C. The molecule has 0 spiro atoms. The summed E-state index contributed by atoms with van der Waals surface area (Å²) in [6, 6.07) is 16.8. The molecule has 0 bridgehead atoms. The van der Waals surface area contributed by atoms with E-state index in [0.29, 0.717) is 17.4 Å². The minimum absolute atomic E-state index is 0.226. The van der Waals surface area contributed by atoms with Gasteiger partial charge in [0.05, 0.1) is 0 Å². The third-order valence-corrected chi connectivity index (χ3v) is 4.83. The maximum absolute atomic E-state index is 12.6. The van der Waals surface area contributed by atoms with Crippen molar-refractivity contribution in [3.05, 3.63) is 71.5 Å². The summed E-state index contributed by atoms with van der Waals surface area (Å²) in [6.45, 7) is 5.44. The molecule has 0 fully saturated rings. The Morgan fingerprint density at radius 3 is 2.52 bits per heavy atom. The van der Waals surface area contributed by atoms with Crippen molar-refractivity contribution in [2.24, 2.45) is 0 Å². The molecular formula is C23H24N2O4. The molecule has 0 aliphatic heterocycles. The van der Waals surface area contributed by atoms with Crippen LogP contribution >= 0.6 is 0 Å². The summed E-state index contributed by atoms with van der Waals surface area (Å²) in [5.41, 5.74) is 3.15. The lowest BCUT2D eigenvalue weighted by Gasteiger charge is -2.15. The van der Waals surface area contributed by atoms with Crippen LogP contribution in [0.3, 0.4) is 0 Å². The van der Waals surface area contributed by atoms with Crippen LogP contribution in [0.25, 0.3) is 11.3 Å². The lowest BCUT2D eigenvalue weighted by molar-refractivity contribution is -0.119. The number of nitrogens with one attached hydrogen (secondary N) is 1. The molecule has 0 unspecified atom stereocenters. The lowest BCUT2D eigenvalue weighted by Crippen LogP contribution is -2.22. The van der Waals surface area contributed by atoms with Gasteiger partial charge in [-0.15, -0.1) is 0 Å². The Labute approximate surface area is 169 Å². The van der Waals surface area contributed by atoms with Crippen molar-refractivity contribution >= 4 is 17.6 Å². The number of aromatic nitrogens is 1. The van der Waals surface area contributed by atoms with Crippen molar-refractivity contribution in [1.29, 1.82) is 0 Å². The summed E-state index contributed by atoms with van der Waals surface area (Å²) in [7, 11) is 0. The molecule has 0 saturated heterocycles. The molecule has 1 N–H and O–H groups in total. The topological polar surface area (TPSA) is 81.4 Å². The first-order chi connectivity index (χ1) is 14.0. The maximum Gasteiger partial charge on any atom is 0.344 e. The van der Waals surface area contributed by atoms with Crippen LogP contribution in [0.15, 0.2) is 59.1 Å². The van der Waals surface area contributed by atoms with Gasteiger partial charge in [0.25, 0.3) is 5.91 Å². The number of nitrogens with zero attached hydrogens (tertiary/aromatic N) is 1. The quantitative estimate of drug-likeness (QED) is 0.575. The fraction of sp³-hybridized carbons (Fsp3) is 0.261. The van der Waals surface area contributed by atoms with Crippen LogP contribution in [0.2, 0.25) is 0 Å². The highest BCUT2D eigenvalue weighted by molar-refractivity contribution is 5.99. The molecule has 29 heavy (non-hydrogen) atoms. The summed E-state index contributed by atoms with van der Waals surface area (Å²) < 4.78 is 10.4. The van der Waals surface area contributed by atoms with Crippen LogP contribution in [-0.2, 0) is 9.53 Å². The minimum Gasteiger partial charge on any atom is -0.452 e. The Bertz CT molecular complexity index is 995. The van der Waals surface area contributed by atoms with Crippen LogP contribution in [0, 0.1) is 6.92 Å². The van der Waals surface area contributed by atoms with E-state index >= 15 is 0 Å². The number of aryl methyl sites for hydroxylation is 1. The van der Waals surface area contributed by atoms with E-state index in [0.717, 1.165) is 23.2 Å². The van der Waals surface area contributed by atoms with E-state index in [4.69, 9.17) is 9.26 Å².